The van der Waals surface area contributed by atoms with Gasteiger partial charge in [-0.2, -0.15) is 0 Å². The molecule has 0 saturated carbocycles. The molecule has 2 aromatic carbocycles. The molecule has 0 radical (unpaired) electrons. The number of nitrogens with zero attached hydrogens (tertiary/aromatic N) is 3. The van der Waals surface area contributed by atoms with E-state index >= 15 is 0 Å². The average Bonchev–Trinajstić information content (AvgIpc) is 2.74. The summed E-state index contributed by atoms with van der Waals surface area (Å²) in [6, 6.07) is 16.1. The Kier molecular flexibility index (Phi) is 5.38. The van der Waals surface area contributed by atoms with Crippen LogP contribution in [0.15, 0.2) is 54.7 Å². The fourth-order valence-corrected chi connectivity index (χ4v) is 4.32. The predicted molar refractivity (Wildman–Crippen MR) is 115 cm³/mol. The molecule has 0 aliphatic carbocycles. The van der Waals surface area contributed by atoms with Gasteiger partial charge in [-0.15, -0.1) is 0 Å². The summed E-state index contributed by atoms with van der Waals surface area (Å²) in [6.07, 6.45) is 4.06. The number of hydrogen-bond donors (Lipinski definition) is 0. The van der Waals surface area contributed by atoms with Crippen LogP contribution in [0.25, 0.3) is 6.08 Å². The van der Waals surface area contributed by atoms with Gasteiger partial charge in [0.05, 0.1) is 12.5 Å². The van der Waals surface area contributed by atoms with Gasteiger partial charge in [0.15, 0.2) is 0 Å². The number of para-hydroxylation sites is 1. The summed E-state index contributed by atoms with van der Waals surface area (Å²) >= 11 is 0. The van der Waals surface area contributed by atoms with Crippen molar-refractivity contribution in [3.8, 4) is 0 Å². The Morgan fingerprint density at radius 2 is 1.66 bits per heavy atom. The van der Waals surface area contributed by atoms with Crippen molar-refractivity contribution in [3.05, 3.63) is 71.4 Å². The van der Waals surface area contributed by atoms with Crippen LogP contribution < -0.4 is 4.90 Å². The number of benzene rings is 2. The molecule has 150 valence electrons. The highest BCUT2D eigenvalue weighted by atomic mass is 16.2. The molecule has 5 heteroatoms. The molecule has 2 heterocycles. The number of amides is 2. The zero-order valence-electron chi connectivity index (χ0n) is 17.0. The Bertz CT molecular complexity index is 945. The van der Waals surface area contributed by atoms with Crippen molar-refractivity contribution in [3.63, 3.8) is 0 Å². The summed E-state index contributed by atoms with van der Waals surface area (Å²) in [5.74, 6) is 0.0636. The Hall–Kier alpha value is -3.08. The van der Waals surface area contributed by atoms with Crippen molar-refractivity contribution in [2.24, 2.45) is 0 Å². The van der Waals surface area contributed by atoms with E-state index in [0.717, 1.165) is 24.2 Å². The van der Waals surface area contributed by atoms with Crippen LogP contribution in [0.4, 0.5) is 5.69 Å². The largest absolute Gasteiger partial charge is 0.368 e. The Labute approximate surface area is 172 Å². The first-order valence-electron chi connectivity index (χ1n) is 10.2. The van der Waals surface area contributed by atoms with Gasteiger partial charge in [0.1, 0.15) is 0 Å². The quantitative estimate of drug-likeness (QED) is 0.806. The molecule has 5 nitrogen and oxygen atoms in total. The molecule has 2 aliphatic rings. The van der Waals surface area contributed by atoms with Gasteiger partial charge in [-0.25, -0.2) is 0 Å². The lowest BCUT2D eigenvalue weighted by Crippen LogP contribution is -2.49. The molecule has 2 aliphatic heterocycles. The molecular formula is C24H27N3O2. The lowest BCUT2D eigenvalue weighted by Gasteiger charge is -2.38. The van der Waals surface area contributed by atoms with E-state index in [1.54, 1.807) is 18.0 Å². The van der Waals surface area contributed by atoms with Crippen LogP contribution in [-0.4, -0.2) is 47.8 Å². The van der Waals surface area contributed by atoms with Gasteiger partial charge >= 0.3 is 0 Å². The van der Waals surface area contributed by atoms with Gasteiger partial charge in [-0.1, -0.05) is 42.5 Å². The standard InChI is InChI=1S/C24H27N3O2/c1-18-7-3-6-10-22(18)25-13-15-26(16-14-25)24(29)17-23-21-9-5-4-8-20(21)11-12-27(23)19(2)28/h3-12,23H,13-17H2,1-2H3/t23-/m1/s1. The summed E-state index contributed by atoms with van der Waals surface area (Å²) in [5, 5.41) is 0. The van der Waals surface area contributed by atoms with Crippen molar-refractivity contribution in [2.45, 2.75) is 26.3 Å². The normalized spacial score (nSPS) is 18.6. The lowest BCUT2D eigenvalue weighted by atomic mass is 9.93. The summed E-state index contributed by atoms with van der Waals surface area (Å²) < 4.78 is 0. The third kappa shape index (κ3) is 3.90. The topological polar surface area (TPSA) is 43.9 Å². The van der Waals surface area contributed by atoms with Gasteiger partial charge in [0, 0.05) is 45.0 Å². The first kappa shape index (κ1) is 19.2. The highest BCUT2D eigenvalue weighted by molar-refractivity contribution is 5.82. The third-order valence-corrected chi connectivity index (χ3v) is 5.93. The minimum atomic E-state index is -0.240. The van der Waals surface area contributed by atoms with E-state index in [4.69, 9.17) is 0 Å². The number of carbonyl (C=O) groups excluding carboxylic acids is 2. The molecule has 2 amide bonds. The molecule has 2 aromatic rings. The number of piperazine rings is 1. The highest BCUT2D eigenvalue weighted by Crippen LogP contribution is 2.33. The monoisotopic (exact) mass is 389 g/mol. The number of rotatable bonds is 3. The van der Waals surface area contributed by atoms with E-state index in [1.165, 1.54) is 11.3 Å². The second kappa shape index (κ2) is 8.11. The van der Waals surface area contributed by atoms with Crippen molar-refractivity contribution in [1.29, 1.82) is 0 Å². The molecule has 4 rings (SSSR count). The van der Waals surface area contributed by atoms with E-state index in [2.05, 4.69) is 36.1 Å². The smallest absolute Gasteiger partial charge is 0.225 e. The highest BCUT2D eigenvalue weighted by Gasteiger charge is 2.31. The minimum Gasteiger partial charge on any atom is -0.368 e. The summed E-state index contributed by atoms with van der Waals surface area (Å²) in [7, 11) is 0. The van der Waals surface area contributed by atoms with E-state index in [1.807, 2.05) is 35.2 Å². The van der Waals surface area contributed by atoms with Crippen LogP contribution in [0, 0.1) is 6.92 Å². The Morgan fingerprint density at radius 3 is 2.38 bits per heavy atom. The summed E-state index contributed by atoms with van der Waals surface area (Å²) in [6.45, 7) is 6.74. The molecule has 0 unspecified atom stereocenters. The van der Waals surface area contributed by atoms with Gasteiger partial charge in [-0.3, -0.25) is 9.59 Å². The number of aryl methyl sites for hydroxylation is 1. The molecule has 29 heavy (non-hydrogen) atoms. The van der Waals surface area contributed by atoms with Crippen LogP contribution in [-0.2, 0) is 9.59 Å². The third-order valence-electron chi connectivity index (χ3n) is 5.93. The predicted octanol–water partition coefficient (Wildman–Crippen LogP) is 3.61. The van der Waals surface area contributed by atoms with E-state index < -0.39 is 0 Å². The number of hydrogen-bond acceptors (Lipinski definition) is 3. The SMILES string of the molecule is CC(=O)N1C=Cc2ccccc2[C@H]1CC(=O)N1CCN(c2ccccc2C)CC1. The van der Waals surface area contributed by atoms with Crippen LogP contribution in [0.1, 0.15) is 36.1 Å². The molecule has 0 spiro atoms. The minimum absolute atomic E-state index is 0.0436. The average molecular weight is 389 g/mol. The number of anilines is 1. The lowest BCUT2D eigenvalue weighted by molar-refractivity contribution is -0.134. The Morgan fingerprint density at radius 1 is 0.966 bits per heavy atom. The van der Waals surface area contributed by atoms with E-state index in [9.17, 15) is 9.59 Å². The number of fused-ring (bicyclic) bond motifs is 1. The molecule has 0 bridgehead atoms. The van der Waals surface area contributed by atoms with Gasteiger partial charge in [0.2, 0.25) is 11.8 Å². The van der Waals surface area contributed by atoms with Crippen LogP contribution >= 0.6 is 0 Å². The van der Waals surface area contributed by atoms with Gasteiger partial charge in [-0.05, 0) is 35.8 Å². The summed E-state index contributed by atoms with van der Waals surface area (Å²) in [4.78, 5) is 31.2. The van der Waals surface area contributed by atoms with Crippen LogP contribution in [0.2, 0.25) is 0 Å². The number of carbonyl (C=O) groups is 2. The fourth-order valence-electron chi connectivity index (χ4n) is 4.32. The van der Waals surface area contributed by atoms with Crippen molar-refractivity contribution in [1.82, 2.24) is 9.80 Å². The maximum Gasteiger partial charge on any atom is 0.225 e. The molecule has 1 fully saturated rings. The molecule has 1 saturated heterocycles. The maximum absolute atomic E-state index is 13.1. The van der Waals surface area contributed by atoms with E-state index in [0.29, 0.717) is 19.5 Å². The zero-order chi connectivity index (χ0) is 20.4. The van der Waals surface area contributed by atoms with Crippen molar-refractivity contribution >= 4 is 23.6 Å². The van der Waals surface area contributed by atoms with Gasteiger partial charge < -0.3 is 14.7 Å². The zero-order valence-corrected chi connectivity index (χ0v) is 17.0. The second-order valence-electron chi connectivity index (χ2n) is 7.75. The molecule has 1 atom stereocenters. The van der Waals surface area contributed by atoms with Crippen molar-refractivity contribution < 1.29 is 9.59 Å². The first-order valence-corrected chi connectivity index (χ1v) is 10.2. The summed E-state index contributed by atoms with van der Waals surface area (Å²) in [5.41, 5.74) is 4.62. The first-order chi connectivity index (χ1) is 14.0. The molecule has 0 aromatic heterocycles. The van der Waals surface area contributed by atoms with Crippen LogP contribution in [0.5, 0.6) is 0 Å². The second-order valence-corrected chi connectivity index (χ2v) is 7.75. The van der Waals surface area contributed by atoms with E-state index in [-0.39, 0.29) is 17.9 Å². The maximum atomic E-state index is 13.1. The van der Waals surface area contributed by atoms with Gasteiger partial charge in [0.25, 0.3) is 0 Å². The fraction of sp³-hybridized carbons (Fsp3) is 0.333. The molecular weight excluding hydrogens is 362 g/mol. The van der Waals surface area contributed by atoms with Crippen LogP contribution in [0.3, 0.4) is 0 Å². The van der Waals surface area contributed by atoms with Crippen molar-refractivity contribution in [2.75, 3.05) is 31.1 Å². The Balaban J connectivity index is 1.45. The molecule has 0 N–H and O–H groups in total.